The van der Waals surface area contributed by atoms with Crippen molar-refractivity contribution in [3.8, 4) is 5.75 Å². The van der Waals surface area contributed by atoms with E-state index in [1.54, 1.807) is 6.07 Å². The maximum atomic E-state index is 13.8. The van der Waals surface area contributed by atoms with Gasteiger partial charge in [0.15, 0.2) is 0 Å². The molecule has 0 bridgehead atoms. The van der Waals surface area contributed by atoms with Gasteiger partial charge in [0.1, 0.15) is 11.6 Å². The Morgan fingerprint density at radius 2 is 2.24 bits per heavy atom. The molecule has 0 amide bonds. The molecule has 1 aliphatic rings. The molecule has 2 rings (SSSR count). The highest BCUT2D eigenvalue weighted by Gasteiger charge is 2.22. The Bertz CT molecular complexity index is 376. The van der Waals surface area contributed by atoms with Gasteiger partial charge in [0.05, 0.1) is 6.61 Å². The lowest BCUT2D eigenvalue weighted by molar-refractivity contribution is 0.298. The zero-order chi connectivity index (χ0) is 12.3. The highest BCUT2D eigenvalue weighted by atomic mass is 19.1. The third kappa shape index (κ3) is 3.70. The van der Waals surface area contributed by atoms with Gasteiger partial charge in [-0.05, 0) is 43.2 Å². The number of hydrogen-bond donors (Lipinski definition) is 1. The SMILES string of the molecule is CCC(N)Cc1ccc(OCC2CC2)cc1F. The summed E-state index contributed by atoms with van der Waals surface area (Å²) in [7, 11) is 0. The molecular weight excluding hydrogens is 217 g/mol. The van der Waals surface area contributed by atoms with E-state index in [9.17, 15) is 4.39 Å². The van der Waals surface area contributed by atoms with Gasteiger partial charge in [-0.25, -0.2) is 4.39 Å². The van der Waals surface area contributed by atoms with Crippen molar-refractivity contribution in [2.45, 2.75) is 38.6 Å². The summed E-state index contributed by atoms with van der Waals surface area (Å²) in [6.45, 7) is 2.73. The van der Waals surface area contributed by atoms with Crippen LogP contribution in [0.3, 0.4) is 0 Å². The van der Waals surface area contributed by atoms with Crippen molar-refractivity contribution in [3.63, 3.8) is 0 Å². The van der Waals surface area contributed by atoms with Crippen LogP contribution in [0.4, 0.5) is 4.39 Å². The molecular formula is C14H20FNO. The Morgan fingerprint density at radius 3 is 2.82 bits per heavy atom. The third-order valence-corrected chi connectivity index (χ3v) is 3.21. The second-order valence-electron chi connectivity index (χ2n) is 4.88. The fourth-order valence-corrected chi connectivity index (χ4v) is 1.71. The largest absolute Gasteiger partial charge is 0.493 e. The molecule has 1 aromatic carbocycles. The van der Waals surface area contributed by atoms with Gasteiger partial charge in [-0.3, -0.25) is 0 Å². The van der Waals surface area contributed by atoms with Crippen molar-refractivity contribution in [3.05, 3.63) is 29.6 Å². The first-order valence-corrected chi connectivity index (χ1v) is 6.36. The average molecular weight is 237 g/mol. The average Bonchev–Trinajstić information content (AvgIpc) is 3.13. The fraction of sp³-hybridized carbons (Fsp3) is 0.571. The molecule has 1 fully saturated rings. The van der Waals surface area contributed by atoms with Crippen molar-refractivity contribution in [1.29, 1.82) is 0 Å². The van der Waals surface area contributed by atoms with E-state index in [1.165, 1.54) is 18.9 Å². The highest BCUT2D eigenvalue weighted by molar-refractivity contribution is 5.29. The van der Waals surface area contributed by atoms with E-state index in [1.807, 2.05) is 13.0 Å². The summed E-state index contributed by atoms with van der Waals surface area (Å²) in [5, 5.41) is 0. The molecule has 1 unspecified atom stereocenters. The number of halogens is 1. The molecule has 0 aromatic heterocycles. The van der Waals surface area contributed by atoms with E-state index in [2.05, 4.69) is 0 Å². The molecule has 2 N–H and O–H groups in total. The van der Waals surface area contributed by atoms with E-state index in [4.69, 9.17) is 10.5 Å². The molecule has 0 radical (unpaired) electrons. The van der Waals surface area contributed by atoms with Crippen molar-refractivity contribution in [2.75, 3.05) is 6.61 Å². The van der Waals surface area contributed by atoms with Crippen molar-refractivity contribution in [2.24, 2.45) is 11.7 Å². The Hall–Kier alpha value is -1.09. The monoisotopic (exact) mass is 237 g/mol. The molecule has 1 aromatic rings. The predicted octanol–water partition coefficient (Wildman–Crippen LogP) is 2.89. The summed E-state index contributed by atoms with van der Waals surface area (Å²) < 4.78 is 19.3. The first-order chi connectivity index (χ1) is 8.19. The standard InChI is InChI=1S/C14H20FNO/c1-2-12(16)7-11-5-6-13(8-14(11)15)17-9-10-3-4-10/h5-6,8,10,12H,2-4,7,9,16H2,1H3. The minimum Gasteiger partial charge on any atom is -0.493 e. The van der Waals surface area contributed by atoms with Crippen LogP contribution in [0.1, 0.15) is 31.7 Å². The van der Waals surface area contributed by atoms with E-state index in [0.29, 0.717) is 30.3 Å². The molecule has 1 aliphatic carbocycles. The highest BCUT2D eigenvalue weighted by Crippen LogP contribution is 2.29. The summed E-state index contributed by atoms with van der Waals surface area (Å²) in [6, 6.07) is 5.12. The normalized spacial score (nSPS) is 16.9. The van der Waals surface area contributed by atoms with Gasteiger partial charge in [-0.2, -0.15) is 0 Å². The molecule has 94 valence electrons. The lowest BCUT2D eigenvalue weighted by Gasteiger charge is -2.11. The van der Waals surface area contributed by atoms with Crippen LogP contribution in [-0.2, 0) is 6.42 Å². The van der Waals surface area contributed by atoms with E-state index < -0.39 is 0 Å². The lowest BCUT2D eigenvalue weighted by Crippen LogP contribution is -2.21. The van der Waals surface area contributed by atoms with Gasteiger partial charge in [-0.1, -0.05) is 13.0 Å². The van der Waals surface area contributed by atoms with Crippen LogP contribution in [0.5, 0.6) is 5.75 Å². The van der Waals surface area contributed by atoms with Crippen LogP contribution in [0, 0.1) is 11.7 Å². The Balaban J connectivity index is 1.94. The minimum atomic E-state index is -0.206. The topological polar surface area (TPSA) is 35.2 Å². The zero-order valence-corrected chi connectivity index (χ0v) is 10.3. The number of hydrogen-bond acceptors (Lipinski definition) is 2. The lowest BCUT2D eigenvalue weighted by atomic mass is 10.0. The quantitative estimate of drug-likeness (QED) is 0.825. The number of nitrogens with two attached hydrogens (primary N) is 1. The van der Waals surface area contributed by atoms with E-state index >= 15 is 0 Å². The maximum absolute atomic E-state index is 13.8. The summed E-state index contributed by atoms with van der Waals surface area (Å²) in [5.41, 5.74) is 6.50. The Labute approximate surface area is 102 Å². The Kier molecular flexibility index (Phi) is 4.00. The van der Waals surface area contributed by atoms with Gasteiger partial charge in [0.2, 0.25) is 0 Å². The van der Waals surface area contributed by atoms with E-state index in [-0.39, 0.29) is 11.9 Å². The second kappa shape index (κ2) is 5.50. The van der Waals surface area contributed by atoms with Gasteiger partial charge >= 0.3 is 0 Å². The van der Waals surface area contributed by atoms with Crippen LogP contribution >= 0.6 is 0 Å². The Morgan fingerprint density at radius 1 is 1.47 bits per heavy atom. The molecule has 0 heterocycles. The molecule has 1 saturated carbocycles. The van der Waals surface area contributed by atoms with Crippen LogP contribution < -0.4 is 10.5 Å². The first kappa shape index (κ1) is 12.4. The van der Waals surface area contributed by atoms with Crippen LogP contribution in [0.2, 0.25) is 0 Å². The first-order valence-electron chi connectivity index (χ1n) is 6.36. The molecule has 17 heavy (non-hydrogen) atoms. The smallest absolute Gasteiger partial charge is 0.130 e. The van der Waals surface area contributed by atoms with Gasteiger partial charge in [0.25, 0.3) is 0 Å². The van der Waals surface area contributed by atoms with Gasteiger partial charge in [0, 0.05) is 12.1 Å². The van der Waals surface area contributed by atoms with E-state index in [0.717, 1.165) is 6.42 Å². The summed E-state index contributed by atoms with van der Waals surface area (Å²) in [4.78, 5) is 0. The van der Waals surface area contributed by atoms with Crippen molar-refractivity contribution >= 4 is 0 Å². The number of benzene rings is 1. The summed E-state index contributed by atoms with van der Waals surface area (Å²) in [6.07, 6.45) is 3.93. The van der Waals surface area contributed by atoms with Crippen molar-refractivity contribution in [1.82, 2.24) is 0 Å². The number of rotatable bonds is 6. The molecule has 3 heteroatoms. The zero-order valence-electron chi connectivity index (χ0n) is 10.3. The summed E-state index contributed by atoms with van der Waals surface area (Å²) in [5.74, 6) is 1.11. The number of ether oxygens (including phenoxy) is 1. The van der Waals surface area contributed by atoms with Gasteiger partial charge in [-0.15, -0.1) is 0 Å². The molecule has 0 saturated heterocycles. The van der Waals surface area contributed by atoms with Crippen LogP contribution in [0.25, 0.3) is 0 Å². The molecule has 0 spiro atoms. The molecule has 2 nitrogen and oxygen atoms in total. The molecule has 1 atom stereocenters. The fourth-order valence-electron chi connectivity index (χ4n) is 1.71. The predicted molar refractivity (Wildman–Crippen MR) is 66.6 cm³/mol. The van der Waals surface area contributed by atoms with Crippen LogP contribution in [0.15, 0.2) is 18.2 Å². The minimum absolute atomic E-state index is 0.0303. The second-order valence-corrected chi connectivity index (χ2v) is 4.88. The third-order valence-electron chi connectivity index (χ3n) is 3.21. The maximum Gasteiger partial charge on any atom is 0.130 e. The van der Waals surface area contributed by atoms with Crippen LogP contribution in [-0.4, -0.2) is 12.6 Å². The van der Waals surface area contributed by atoms with Gasteiger partial charge < -0.3 is 10.5 Å². The molecule has 0 aliphatic heterocycles. The summed E-state index contributed by atoms with van der Waals surface area (Å²) >= 11 is 0. The van der Waals surface area contributed by atoms with Crippen molar-refractivity contribution < 1.29 is 9.13 Å².